The Bertz CT molecular complexity index is 484. The van der Waals surface area contributed by atoms with Crippen molar-refractivity contribution in [3.8, 4) is 0 Å². The molecule has 0 saturated heterocycles. The minimum atomic E-state index is 0.150. The molecule has 2 aromatic rings. The molecule has 0 aliphatic heterocycles. The molecule has 4 nitrogen and oxygen atoms in total. The van der Waals surface area contributed by atoms with Gasteiger partial charge in [-0.2, -0.15) is 5.10 Å². The van der Waals surface area contributed by atoms with Gasteiger partial charge in [-0.05, 0) is 32.9 Å². The Kier molecular flexibility index (Phi) is 2.73. The lowest BCUT2D eigenvalue weighted by Crippen LogP contribution is -2.05. The van der Waals surface area contributed by atoms with Gasteiger partial charge >= 0.3 is 0 Å². The number of nitrogens with zero attached hydrogens (tertiary/aromatic N) is 2. The molecular weight excluding hydrogens is 202 g/mol. The minimum absolute atomic E-state index is 0.150. The minimum Gasteiger partial charge on any atom is -0.464 e. The zero-order valence-electron chi connectivity index (χ0n) is 10.1. The Morgan fingerprint density at radius 2 is 2.12 bits per heavy atom. The van der Waals surface area contributed by atoms with Gasteiger partial charge in [0.2, 0.25) is 0 Å². The van der Waals surface area contributed by atoms with Gasteiger partial charge in [-0.25, -0.2) is 0 Å². The van der Waals surface area contributed by atoms with Gasteiger partial charge in [-0.15, -0.1) is 0 Å². The summed E-state index contributed by atoms with van der Waals surface area (Å²) in [5, 5.41) is 7.67. The van der Waals surface area contributed by atoms with Gasteiger partial charge in [-0.1, -0.05) is 0 Å². The highest BCUT2D eigenvalue weighted by molar-refractivity contribution is 5.46. The number of hydrogen-bond acceptors (Lipinski definition) is 3. The highest BCUT2D eigenvalue weighted by Gasteiger charge is 2.11. The van der Waals surface area contributed by atoms with Crippen LogP contribution in [-0.2, 0) is 7.05 Å². The normalized spacial score (nSPS) is 12.8. The van der Waals surface area contributed by atoms with Crippen LogP contribution in [0.2, 0.25) is 0 Å². The van der Waals surface area contributed by atoms with Crippen LogP contribution in [0.5, 0.6) is 0 Å². The first kappa shape index (κ1) is 10.8. The quantitative estimate of drug-likeness (QED) is 0.863. The predicted molar refractivity (Wildman–Crippen MR) is 63.4 cm³/mol. The fraction of sp³-hybridized carbons (Fsp3) is 0.417. The van der Waals surface area contributed by atoms with E-state index in [1.807, 2.05) is 39.2 Å². The Labute approximate surface area is 95.3 Å². The fourth-order valence-corrected chi connectivity index (χ4v) is 1.73. The van der Waals surface area contributed by atoms with E-state index in [9.17, 15) is 0 Å². The summed E-state index contributed by atoms with van der Waals surface area (Å²) in [4.78, 5) is 0. The van der Waals surface area contributed by atoms with Crippen LogP contribution in [0.4, 0.5) is 5.69 Å². The largest absolute Gasteiger partial charge is 0.464 e. The van der Waals surface area contributed by atoms with E-state index in [0.29, 0.717) is 0 Å². The predicted octanol–water partition coefficient (Wildman–Crippen LogP) is 2.80. The van der Waals surface area contributed by atoms with Gasteiger partial charge < -0.3 is 9.73 Å². The Balaban J connectivity index is 2.13. The average Bonchev–Trinajstić information content (AvgIpc) is 2.74. The van der Waals surface area contributed by atoms with Gasteiger partial charge in [0.05, 0.1) is 17.4 Å². The van der Waals surface area contributed by atoms with Crippen LogP contribution in [0.3, 0.4) is 0 Å². The monoisotopic (exact) mass is 219 g/mol. The van der Waals surface area contributed by atoms with Crippen LogP contribution >= 0.6 is 0 Å². The molecule has 1 unspecified atom stereocenters. The number of anilines is 1. The van der Waals surface area contributed by atoms with Crippen molar-refractivity contribution in [2.24, 2.45) is 7.05 Å². The number of furan rings is 1. The van der Waals surface area contributed by atoms with Gasteiger partial charge in [0.1, 0.15) is 11.5 Å². The average molecular weight is 219 g/mol. The molecule has 0 fully saturated rings. The van der Waals surface area contributed by atoms with Crippen LogP contribution in [0.25, 0.3) is 0 Å². The molecule has 86 valence electrons. The highest BCUT2D eigenvalue weighted by Crippen LogP contribution is 2.22. The molecule has 0 bridgehead atoms. The summed E-state index contributed by atoms with van der Waals surface area (Å²) < 4.78 is 7.38. The fourth-order valence-electron chi connectivity index (χ4n) is 1.73. The standard InChI is InChI=1S/C12H17N3O/c1-8-5-6-12(16-8)10(3)13-11-7-15(4)14-9(11)2/h5-7,10,13H,1-4H3. The maximum absolute atomic E-state index is 5.57. The van der Waals surface area contributed by atoms with Crippen molar-refractivity contribution in [3.63, 3.8) is 0 Å². The van der Waals surface area contributed by atoms with Crippen LogP contribution in [0, 0.1) is 13.8 Å². The van der Waals surface area contributed by atoms with Gasteiger partial charge in [-0.3, -0.25) is 4.68 Å². The summed E-state index contributed by atoms with van der Waals surface area (Å²) >= 11 is 0. The van der Waals surface area contributed by atoms with Crippen molar-refractivity contribution in [1.82, 2.24) is 9.78 Å². The Hall–Kier alpha value is -1.71. The van der Waals surface area contributed by atoms with Gasteiger partial charge in [0.15, 0.2) is 0 Å². The smallest absolute Gasteiger partial charge is 0.126 e. The molecule has 1 N–H and O–H groups in total. The van der Waals surface area contributed by atoms with Crippen LogP contribution in [0.15, 0.2) is 22.7 Å². The summed E-state index contributed by atoms with van der Waals surface area (Å²) in [6.45, 7) is 6.01. The first-order valence-corrected chi connectivity index (χ1v) is 5.39. The molecule has 0 radical (unpaired) electrons. The van der Waals surface area contributed by atoms with E-state index in [2.05, 4.69) is 17.3 Å². The zero-order valence-corrected chi connectivity index (χ0v) is 10.1. The first-order chi connectivity index (χ1) is 7.56. The number of aromatic nitrogens is 2. The molecule has 1 atom stereocenters. The van der Waals surface area contributed by atoms with Gasteiger partial charge in [0.25, 0.3) is 0 Å². The first-order valence-electron chi connectivity index (χ1n) is 5.39. The second-order valence-electron chi connectivity index (χ2n) is 4.12. The van der Waals surface area contributed by atoms with E-state index < -0.39 is 0 Å². The van der Waals surface area contributed by atoms with Crippen LogP contribution < -0.4 is 5.32 Å². The SMILES string of the molecule is Cc1ccc(C(C)Nc2cn(C)nc2C)o1. The van der Waals surface area contributed by atoms with E-state index in [-0.39, 0.29) is 6.04 Å². The van der Waals surface area contributed by atoms with Crippen molar-refractivity contribution in [2.75, 3.05) is 5.32 Å². The lowest BCUT2D eigenvalue weighted by Gasteiger charge is -2.11. The maximum atomic E-state index is 5.57. The molecule has 0 aliphatic carbocycles. The number of rotatable bonds is 3. The van der Waals surface area contributed by atoms with E-state index >= 15 is 0 Å². The highest BCUT2D eigenvalue weighted by atomic mass is 16.3. The molecule has 2 aromatic heterocycles. The van der Waals surface area contributed by atoms with Crippen LogP contribution in [-0.4, -0.2) is 9.78 Å². The second kappa shape index (κ2) is 4.04. The van der Waals surface area contributed by atoms with E-state index in [4.69, 9.17) is 4.42 Å². The molecule has 2 rings (SSSR count). The van der Waals surface area contributed by atoms with Crippen molar-refractivity contribution in [1.29, 1.82) is 0 Å². The van der Waals surface area contributed by atoms with Crippen molar-refractivity contribution in [2.45, 2.75) is 26.8 Å². The molecule has 0 amide bonds. The molecule has 16 heavy (non-hydrogen) atoms. The van der Waals surface area contributed by atoms with Gasteiger partial charge in [0, 0.05) is 13.2 Å². The van der Waals surface area contributed by atoms with E-state index in [1.54, 1.807) is 4.68 Å². The third kappa shape index (κ3) is 2.10. The number of nitrogens with one attached hydrogen (secondary N) is 1. The summed E-state index contributed by atoms with van der Waals surface area (Å²) in [6, 6.07) is 4.12. The molecule has 2 heterocycles. The maximum Gasteiger partial charge on any atom is 0.126 e. The number of aryl methyl sites for hydroxylation is 3. The molecule has 0 spiro atoms. The molecular formula is C12H17N3O. The summed E-state index contributed by atoms with van der Waals surface area (Å²) in [6.07, 6.45) is 1.97. The zero-order chi connectivity index (χ0) is 11.7. The summed E-state index contributed by atoms with van der Waals surface area (Å²) in [5.41, 5.74) is 2.04. The van der Waals surface area contributed by atoms with E-state index in [1.165, 1.54) is 0 Å². The Morgan fingerprint density at radius 3 is 2.62 bits per heavy atom. The molecule has 0 saturated carbocycles. The molecule has 0 aliphatic rings. The molecule has 0 aromatic carbocycles. The lowest BCUT2D eigenvalue weighted by atomic mass is 10.2. The third-order valence-corrected chi connectivity index (χ3v) is 2.57. The van der Waals surface area contributed by atoms with Crippen molar-refractivity contribution < 1.29 is 4.42 Å². The number of hydrogen-bond donors (Lipinski definition) is 1. The van der Waals surface area contributed by atoms with Crippen molar-refractivity contribution in [3.05, 3.63) is 35.5 Å². The topological polar surface area (TPSA) is 43.0 Å². The Morgan fingerprint density at radius 1 is 1.38 bits per heavy atom. The second-order valence-corrected chi connectivity index (χ2v) is 4.12. The molecule has 4 heteroatoms. The van der Waals surface area contributed by atoms with E-state index in [0.717, 1.165) is 22.9 Å². The third-order valence-electron chi connectivity index (χ3n) is 2.57. The van der Waals surface area contributed by atoms with Crippen molar-refractivity contribution >= 4 is 5.69 Å². The summed E-state index contributed by atoms with van der Waals surface area (Å²) in [5.74, 6) is 1.88. The lowest BCUT2D eigenvalue weighted by molar-refractivity contribution is 0.467. The summed E-state index contributed by atoms with van der Waals surface area (Å²) in [7, 11) is 1.92. The van der Waals surface area contributed by atoms with Crippen LogP contribution in [0.1, 0.15) is 30.2 Å².